The molecule has 9 heavy (non-hydrogen) atoms. The van der Waals surface area contributed by atoms with E-state index in [0.29, 0.717) is 0 Å². The Kier molecular flexibility index (Phi) is 1.59. The van der Waals surface area contributed by atoms with Crippen LogP contribution in [-0.2, 0) is 0 Å². The fraction of sp³-hybridized carbons (Fsp3) is 0.250. The number of thiophene rings is 1. The molecule has 1 aromatic rings. The molecule has 0 aliphatic heterocycles. The topological polar surface area (TPSA) is 0 Å². The Labute approximate surface area is 59.5 Å². The second kappa shape index (κ2) is 2.24. The highest BCUT2D eigenvalue weighted by Gasteiger charge is 1.96. The summed E-state index contributed by atoms with van der Waals surface area (Å²) in [5.74, 6) is 2.61. The van der Waals surface area contributed by atoms with Gasteiger partial charge in [-0.05, 0) is 25.5 Å². The van der Waals surface area contributed by atoms with Crippen molar-refractivity contribution >= 4 is 11.3 Å². The molecule has 1 aromatic heterocycles. The summed E-state index contributed by atoms with van der Waals surface area (Å²) in [4.78, 5) is 2.35. The summed E-state index contributed by atoms with van der Waals surface area (Å²) in [7, 11) is 0. The first-order valence-corrected chi connectivity index (χ1v) is 3.59. The normalized spacial score (nSPS) is 9.00. The molecule has 0 fully saturated rings. The summed E-state index contributed by atoms with van der Waals surface area (Å²) in [6, 6.07) is 2.04. The van der Waals surface area contributed by atoms with E-state index in [-0.39, 0.29) is 0 Å². The van der Waals surface area contributed by atoms with Crippen LogP contribution in [0.25, 0.3) is 0 Å². The van der Waals surface area contributed by atoms with Gasteiger partial charge in [0.05, 0.1) is 4.88 Å². The van der Waals surface area contributed by atoms with Gasteiger partial charge < -0.3 is 0 Å². The Morgan fingerprint density at radius 1 is 1.56 bits per heavy atom. The highest BCUT2D eigenvalue weighted by Crippen LogP contribution is 2.18. The SMILES string of the molecule is C#Cc1cc(C)c(C)s1. The molecule has 0 saturated carbocycles. The fourth-order valence-corrected chi connectivity index (χ4v) is 1.49. The van der Waals surface area contributed by atoms with Gasteiger partial charge in [0.1, 0.15) is 0 Å². The van der Waals surface area contributed by atoms with E-state index in [2.05, 4.69) is 19.8 Å². The van der Waals surface area contributed by atoms with Gasteiger partial charge >= 0.3 is 0 Å². The van der Waals surface area contributed by atoms with Crippen molar-refractivity contribution in [2.75, 3.05) is 0 Å². The van der Waals surface area contributed by atoms with E-state index in [9.17, 15) is 0 Å². The molecule has 0 unspecified atom stereocenters. The van der Waals surface area contributed by atoms with E-state index in [4.69, 9.17) is 6.42 Å². The molecule has 0 bridgehead atoms. The van der Waals surface area contributed by atoms with Gasteiger partial charge in [-0.3, -0.25) is 0 Å². The molecule has 0 aliphatic rings. The predicted octanol–water partition coefficient (Wildman–Crippen LogP) is 2.35. The lowest BCUT2D eigenvalue weighted by Gasteiger charge is -1.79. The lowest BCUT2D eigenvalue weighted by Crippen LogP contribution is -1.62. The summed E-state index contributed by atoms with van der Waals surface area (Å²) in [6.45, 7) is 4.16. The zero-order valence-corrected chi connectivity index (χ0v) is 6.38. The van der Waals surface area contributed by atoms with Gasteiger partial charge in [-0.1, -0.05) is 5.92 Å². The van der Waals surface area contributed by atoms with E-state index >= 15 is 0 Å². The second-order valence-corrected chi connectivity index (χ2v) is 3.25. The van der Waals surface area contributed by atoms with Crippen LogP contribution in [0, 0.1) is 26.2 Å². The van der Waals surface area contributed by atoms with Crippen molar-refractivity contribution < 1.29 is 0 Å². The summed E-state index contributed by atoms with van der Waals surface area (Å²) in [5, 5.41) is 0. The van der Waals surface area contributed by atoms with Gasteiger partial charge in [-0.25, -0.2) is 0 Å². The minimum absolute atomic E-state index is 1.03. The average Bonchev–Trinajstić information content (AvgIpc) is 2.13. The van der Waals surface area contributed by atoms with Crippen molar-refractivity contribution in [3.8, 4) is 12.3 Å². The minimum atomic E-state index is 1.03. The van der Waals surface area contributed by atoms with Crippen LogP contribution in [0.1, 0.15) is 15.3 Å². The van der Waals surface area contributed by atoms with Gasteiger partial charge in [0.2, 0.25) is 0 Å². The van der Waals surface area contributed by atoms with E-state index < -0.39 is 0 Å². The molecule has 0 radical (unpaired) electrons. The molecule has 1 rings (SSSR count). The summed E-state index contributed by atoms with van der Waals surface area (Å²) < 4.78 is 0. The maximum absolute atomic E-state index is 5.19. The van der Waals surface area contributed by atoms with Crippen molar-refractivity contribution in [2.24, 2.45) is 0 Å². The van der Waals surface area contributed by atoms with Gasteiger partial charge in [0, 0.05) is 4.88 Å². The Hall–Kier alpha value is -0.740. The largest absolute Gasteiger partial charge is 0.132 e. The van der Waals surface area contributed by atoms with Gasteiger partial charge in [-0.15, -0.1) is 17.8 Å². The summed E-state index contributed by atoms with van der Waals surface area (Å²) in [5.41, 5.74) is 1.30. The van der Waals surface area contributed by atoms with Crippen LogP contribution in [0.2, 0.25) is 0 Å². The average molecular weight is 136 g/mol. The zero-order chi connectivity index (χ0) is 6.85. The van der Waals surface area contributed by atoms with Crippen LogP contribution in [0.5, 0.6) is 0 Å². The van der Waals surface area contributed by atoms with Crippen molar-refractivity contribution in [1.29, 1.82) is 0 Å². The van der Waals surface area contributed by atoms with E-state index in [1.165, 1.54) is 10.4 Å². The van der Waals surface area contributed by atoms with Crippen LogP contribution >= 0.6 is 11.3 Å². The smallest absolute Gasteiger partial charge is 0.0771 e. The molecule has 1 heteroatoms. The summed E-state index contributed by atoms with van der Waals surface area (Å²) in [6.07, 6.45) is 5.19. The molecule has 0 nitrogen and oxygen atoms in total. The Bertz CT molecular complexity index is 231. The second-order valence-electron chi connectivity index (χ2n) is 1.99. The van der Waals surface area contributed by atoms with E-state index in [1.807, 2.05) is 6.07 Å². The maximum atomic E-state index is 5.19. The molecular weight excluding hydrogens is 128 g/mol. The molecule has 0 aliphatic carbocycles. The van der Waals surface area contributed by atoms with Crippen LogP contribution < -0.4 is 0 Å². The lowest BCUT2D eigenvalue weighted by atomic mass is 10.3. The molecule has 0 atom stereocenters. The third-order valence-corrected chi connectivity index (χ3v) is 2.39. The molecule has 0 amide bonds. The van der Waals surface area contributed by atoms with Crippen LogP contribution in [0.15, 0.2) is 6.07 Å². The fourth-order valence-electron chi connectivity index (χ4n) is 0.644. The predicted molar refractivity (Wildman–Crippen MR) is 41.7 cm³/mol. The van der Waals surface area contributed by atoms with Crippen LogP contribution in [-0.4, -0.2) is 0 Å². The monoisotopic (exact) mass is 136 g/mol. The maximum Gasteiger partial charge on any atom is 0.0771 e. The minimum Gasteiger partial charge on any atom is -0.132 e. The number of terminal acetylenes is 1. The van der Waals surface area contributed by atoms with Gasteiger partial charge in [0.25, 0.3) is 0 Å². The van der Waals surface area contributed by atoms with Gasteiger partial charge in [0.15, 0.2) is 0 Å². The first-order valence-electron chi connectivity index (χ1n) is 2.77. The highest BCUT2D eigenvalue weighted by atomic mass is 32.1. The van der Waals surface area contributed by atoms with Crippen LogP contribution in [0.3, 0.4) is 0 Å². The molecule has 46 valence electrons. The third kappa shape index (κ3) is 1.14. The van der Waals surface area contributed by atoms with Crippen molar-refractivity contribution in [1.82, 2.24) is 0 Å². The summed E-state index contributed by atoms with van der Waals surface area (Å²) >= 11 is 1.68. The first kappa shape index (κ1) is 6.38. The quantitative estimate of drug-likeness (QED) is 0.480. The zero-order valence-electron chi connectivity index (χ0n) is 5.56. The Morgan fingerprint density at radius 3 is 2.44 bits per heavy atom. The molecule has 0 saturated heterocycles. The molecule has 0 aromatic carbocycles. The standard InChI is InChI=1S/C8H8S/c1-4-8-5-6(2)7(3)9-8/h1,5H,2-3H3. The molecular formula is C8H8S. The van der Waals surface area contributed by atoms with Gasteiger partial charge in [-0.2, -0.15) is 0 Å². The number of hydrogen-bond acceptors (Lipinski definition) is 1. The number of rotatable bonds is 0. The lowest BCUT2D eigenvalue weighted by molar-refractivity contribution is 1.44. The van der Waals surface area contributed by atoms with Crippen molar-refractivity contribution in [2.45, 2.75) is 13.8 Å². The van der Waals surface area contributed by atoms with E-state index in [0.717, 1.165) is 4.88 Å². The molecule has 0 spiro atoms. The van der Waals surface area contributed by atoms with Crippen LogP contribution in [0.4, 0.5) is 0 Å². The van der Waals surface area contributed by atoms with Crippen molar-refractivity contribution in [3.05, 3.63) is 21.4 Å². The molecule has 1 heterocycles. The third-order valence-electron chi connectivity index (χ3n) is 1.31. The number of hydrogen-bond donors (Lipinski definition) is 0. The number of aryl methyl sites for hydroxylation is 2. The highest BCUT2D eigenvalue weighted by molar-refractivity contribution is 7.12. The Balaban J connectivity index is 3.16. The first-order chi connectivity index (χ1) is 4.24. The van der Waals surface area contributed by atoms with E-state index in [1.54, 1.807) is 11.3 Å². The molecule has 0 N–H and O–H groups in total. The van der Waals surface area contributed by atoms with Crippen molar-refractivity contribution in [3.63, 3.8) is 0 Å². The Morgan fingerprint density at radius 2 is 2.22 bits per heavy atom.